The Bertz CT molecular complexity index is 2930. The summed E-state index contributed by atoms with van der Waals surface area (Å²) >= 11 is 0. The van der Waals surface area contributed by atoms with E-state index in [0.29, 0.717) is 0 Å². The maximum absolute atomic E-state index is 5.11. The highest BCUT2D eigenvalue weighted by Crippen LogP contribution is 2.38. The van der Waals surface area contributed by atoms with Gasteiger partial charge >= 0.3 is 0 Å². The van der Waals surface area contributed by atoms with E-state index in [-0.39, 0.29) is 0 Å². The van der Waals surface area contributed by atoms with Crippen molar-refractivity contribution in [2.75, 3.05) is 0 Å². The van der Waals surface area contributed by atoms with Crippen LogP contribution in [-0.2, 0) is 0 Å². The van der Waals surface area contributed by atoms with Crippen molar-refractivity contribution in [3.8, 4) is 56.1 Å². The number of para-hydroxylation sites is 4. The average Bonchev–Trinajstić information content (AvgIpc) is 3.80. The third kappa shape index (κ3) is 5.32. The Morgan fingerprint density at radius 1 is 0.250 bits per heavy atom. The Hall–Kier alpha value is -7.49. The van der Waals surface area contributed by atoms with Crippen LogP contribution in [0.25, 0.3) is 99.8 Å². The predicted molar refractivity (Wildman–Crippen MR) is 235 cm³/mol. The number of hydrogen-bond donors (Lipinski definition) is 0. The van der Waals surface area contributed by atoms with Crippen molar-refractivity contribution in [2.45, 2.75) is 0 Å². The van der Waals surface area contributed by atoms with E-state index >= 15 is 0 Å². The molecule has 0 unspecified atom stereocenters. The smallest absolute Gasteiger partial charge is 0.0715 e. The fourth-order valence-electron chi connectivity index (χ4n) is 8.49. The van der Waals surface area contributed by atoms with E-state index in [1.807, 2.05) is 12.1 Å². The molecule has 8 aromatic carbocycles. The second kappa shape index (κ2) is 13.1. The minimum atomic E-state index is 0.959. The monoisotopic (exact) mass is 713 g/mol. The van der Waals surface area contributed by atoms with Gasteiger partial charge in [-0.1, -0.05) is 158 Å². The lowest BCUT2D eigenvalue weighted by molar-refractivity contribution is 1.13. The van der Waals surface area contributed by atoms with E-state index in [1.54, 1.807) is 0 Å². The lowest BCUT2D eigenvalue weighted by Gasteiger charge is -2.16. The highest BCUT2D eigenvalue weighted by molar-refractivity contribution is 6.10. The van der Waals surface area contributed by atoms with Crippen LogP contribution in [0.15, 0.2) is 212 Å². The van der Waals surface area contributed by atoms with Gasteiger partial charge in [0.15, 0.2) is 0 Å². The molecule has 0 saturated carbocycles. The largest absolute Gasteiger partial charge is 0.309 e. The molecule has 262 valence electrons. The SMILES string of the molecule is c1ccc(-c2cc(-c3ccc(-c4cc(-n5c6ccccc6c6ccccc65)cc(-n5c6ccccc6c6ccccc65)c4)cc3)cc(-c3ccccc3)n2)cc1. The van der Waals surface area contributed by atoms with Crippen molar-refractivity contribution in [2.24, 2.45) is 0 Å². The van der Waals surface area contributed by atoms with Crippen LogP contribution in [0.2, 0.25) is 0 Å². The maximum Gasteiger partial charge on any atom is 0.0715 e. The molecule has 3 heteroatoms. The van der Waals surface area contributed by atoms with Crippen LogP contribution < -0.4 is 0 Å². The fraction of sp³-hybridized carbons (Fsp3) is 0. The number of hydrogen-bond acceptors (Lipinski definition) is 1. The number of pyridine rings is 1. The van der Waals surface area contributed by atoms with Gasteiger partial charge in [0, 0.05) is 44.0 Å². The highest BCUT2D eigenvalue weighted by Gasteiger charge is 2.17. The summed E-state index contributed by atoms with van der Waals surface area (Å²) in [5, 5.41) is 4.99. The van der Waals surface area contributed by atoms with E-state index in [4.69, 9.17) is 4.98 Å². The van der Waals surface area contributed by atoms with Gasteiger partial charge in [-0.2, -0.15) is 0 Å². The van der Waals surface area contributed by atoms with Gasteiger partial charge in [-0.25, -0.2) is 4.98 Å². The topological polar surface area (TPSA) is 22.8 Å². The Morgan fingerprint density at radius 2 is 0.571 bits per heavy atom. The highest BCUT2D eigenvalue weighted by atomic mass is 15.0. The van der Waals surface area contributed by atoms with E-state index in [9.17, 15) is 0 Å². The molecule has 0 aliphatic rings. The maximum atomic E-state index is 5.11. The molecule has 0 amide bonds. The molecule has 56 heavy (non-hydrogen) atoms. The molecule has 3 nitrogen and oxygen atoms in total. The number of aromatic nitrogens is 3. The normalized spacial score (nSPS) is 11.6. The summed E-state index contributed by atoms with van der Waals surface area (Å²) < 4.78 is 4.85. The Morgan fingerprint density at radius 3 is 0.946 bits per heavy atom. The van der Waals surface area contributed by atoms with E-state index in [2.05, 4.69) is 209 Å². The van der Waals surface area contributed by atoms with Crippen LogP contribution in [0.3, 0.4) is 0 Å². The predicted octanol–water partition coefficient (Wildman–Crippen LogP) is 13.9. The van der Waals surface area contributed by atoms with E-state index < -0.39 is 0 Å². The van der Waals surface area contributed by atoms with Crippen LogP contribution >= 0.6 is 0 Å². The molecule has 0 bridgehead atoms. The second-order valence-electron chi connectivity index (χ2n) is 14.4. The van der Waals surface area contributed by atoms with E-state index in [0.717, 1.165) is 56.1 Å². The first-order chi connectivity index (χ1) is 27.8. The summed E-state index contributed by atoms with van der Waals surface area (Å²) in [5.74, 6) is 0. The van der Waals surface area contributed by atoms with Gasteiger partial charge in [-0.3, -0.25) is 0 Å². The lowest BCUT2D eigenvalue weighted by atomic mass is 9.97. The van der Waals surface area contributed by atoms with Gasteiger partial charge in [-0.05, 0) is 76.9 Å². The van der Waals surface area contributed by atoms with Crippen LogP contribution in [0.1, 0.15) is 0 Å². The minimum absolute atomic E-state index is 0.959. The van der Waals surface area contributed by atoms with Crippen LogP contribution in [0.5, 0.6) is 0 Å². The van der Waals surface area contributed by atoms with E-state index in [1.165, 1.54) is 43.6 Å². The van der Waals surface area contributed by atoms with Gasteiger partial charge in [0.1, 0.15) is 0 Å². The van der Waals surface area contributed by atoms with Gasteiger partial charge in [0.2, 0.25) is 0 Å². The molecule has 0 spiro atoms. The van der Waals surface area contributed by atoms with Gasteiger partial charge < -0.3 is 9.13 Å². The van der Waals surface area contributed by atoms with Crippen molar-refractivity contribution in [1.82, 2.24) is 14.1 Å². The van der Waals surface area contributed by atoms with Crippen molar-refractivity contribution in [3.05, 3.63) is 212 Å². The molecule has 0 saturated heterocycles. The number of benzene rings is 8. The molecule has 11 aromatic rings. The zero-order valence-electron chi connectivity index (χ0n) is 30.5. The summed E-state index contributed by atoms with van der Waals surface area (Å²) in [5.41, 5.74) is 15.7. The molecular formula is C53H35N3. The molecule has 0 fully saturated rings. The molecule has 3 heterocycles. The summed E-state index contributed by atoms with van der Waals surface area (Å²) in [7, 11) is 0. The molecular weight excluding hydrogens is 679 g/mol. The molecule has 11 rings (SSSR count). The molecule has 3 aromatic heterocycles. The van der Waals surface area contributed by atoms with Crippen LogP contribution in [0, 0.1) is 0 Å². The van der Waals surface area contributed by atoms with Gasteiger partial charge in [0.05, 0.1) is 33.5 Å². The zero-order chi connectivity index (χ0) is 37.0. The minimum Gasteiger partial charge on any atom is -0.309 e. The fourth-order valence-corrected chi connectivity index (χ4v) is 8.49. The van der Waals surface area contributed by atoms with Crippen molar-refractivity contribution >= 4 is 43.6 Å². The molecule has 0 N–H and O–H groups in total. The van der Waals surface area contributed by atoms with Crippen LogP contribution in [0.4, 0.5) is 0 Å². The first-order valence-corrected chi connectivity index (χ1v) is 19.1. The third-order valence-electron chi connectivity index (χ3n) is 11.1. The zero-order valence-corrected chi connectivity index (χ0v) is 30.5. The standard InChI is InChI=1S/C53H35N3/c1-3-15-38(16-4-1)48-33-41(34-49(54-48)39-17-5-2-6-18-39)37-29-27-36(28-30-37)40-31-42(55-50-23-11-7-19-44(50)45-20-8-12-24-51(45)55)35-43(32-40)56-52-25-13-9-21-46(52)47-22-10-14-26-53(47)56/h1-35H. The number of fused-ring (bicyclic) bond motifs is 6. The Labute approximate surface area is 325 Å². The first-order valence-electron chi connectivity index (χ1n) is 19.1. The average molecular weight is 714 g/mol. The van der Waals surface area contributed by atoms with Crippen LogP contribution in [-0.4, -0.2) is 14.1 Å². The first kappa shape index (κ1) is 32.0. The second-order valence-corrected chi connectivity index (χ2v) is 14.4. The van der Waals surface area contributed by atoms with Gasteiger partial charge in [-0.15, -0.1) is 0 Å². The summed E-state index contributed by atoms with van der Waals surface area (Å²) in [6.07, 6.45) is 0. The summed E-state index contributed by atoms with van der Waals surface area (Å²) in [4.78, 5) is 5.11. The van der Waals surface area contributed by atoms with Crippen molar-refractivity contribution in [1.29, 1.82) is 0 Å². The summed E-state index contributed by atoms with van der Waals surface area (Å²) in [6.45, 7) is 0. The molecule has 0 radical (unpaired) electrons. The molecule has 0 aliphatic carbocycles. The number of rotatable bonds is 6. The van der Waals surface area contributed by atoms with Gasteiger partial charge in [0.25, 0.3) is 0 Å². The third-order valence-corrected chi connectivity index (χ3v) is 11.1. The van der Waals surface area contributed by atoms with Crippen molar-refractivity contribution in [3.63, 3.8) is 0 Å². The molecule has 0 atom stereocenters. The summed E-state index contributed by atoms with van der Waals surface area (Å²) in [6, 6.07) is 76.3. The number of nitrogens with zero attached hydrogens (tertiary/aromatic N) is 3. The van der Waals surface area contributed by atoms with Crippen molar-refractivity contribution < 1.29 is 0 Å². The lowest BCUT2D eigenvalue weighted by Crippen LogP contribution is -2.00. The molecule has 0 aliphatic heterocycles. The Balaban J connectivity index is 1.11. The Kier molecular flexibility index (Phi) is 7.49. The quantitative estimate of drug-likeness (QED) is 0.168.